The maximum absolute atomic E-state index is 6.11. The first-order valence-electron chi connectivity index (χ1n) is 6.93. The van der Waals surface area contributed by atoms with Crippen LogP contribution in [0, 0.1) is 13.8 Å². The van der Waals surface area contributed by atoms with Crippen LogP contribution in [-0.4, -0.2) is 29.3 Å². The number of nitrogens with zero attached hydrogens (tertiary/aromatic N) is 2. The highest BCUT2D eigenvalue weighted by Gasteiger charge is 2.18. The van der Waals surface area contributed by atoms with Crippen LogP contribution in [0.2, 0.25) is 0 Å². The molecule has 1 aromatic carbocycles. The SMILES string of the molecule is Cc1nc(N)c2c(C)ccc(OC3CCOCC3)c2n1. The van der Waals surface area contributed by atoms with Gasteiger partial charge in [0, 0.05) is 18.2 Å². The van der Waals surface area contributed by atoms with Crippen LogP contribution in [0.5, 0.6) is 5.75 Å². The Balaban J connectivity index is 2.04. The summed E-state index contributed by atoms with van der Waals surface area (Å²) in [5.74, 6) is 1.97. The molecule has 0 amide bonds. The van der Waals surface area contributed by atoms with Crippen molar-refractivity contribution in [3.63, 3.8) is 0 Å². The van der Waals surface area contributed by atoms with Gasteiger partial charge in [-0.25, -0.2) is 9.97 Å². The normalized spacial score (nSPS) is 16.5. The van der Waals surface area contributed by atoms with Gasteiger partial charge in [0.1, 0.15) is 29.0 Å². The van der Waals surface area contributed by atoms with E-state index in [2.05, 4.69) is 9.97 Å². The van der Waals surface area contributed by atoms with Crippen molar-refractivity contribution in [3.05, 3.63) is 23.5 Å². The van der Waals surface area contributed by atoms with Crippen molar-refractivity contribution in [2.75, 3.05) is 18.9 Å². The van der Waals surface area contributed by atoms with Crippen LogP contribution >= 0.6 is 0 Å². The number of benzene rings is 1. The number of aryl methyl sites for hydroxylation is 2. The van der Waals surface area contributed by atoms with Crippen LogP contribution in [0.3, 0.4) is 0 Å². The summed E-state index contributed by atoms with van der Waals surface area (Å²) < 4.78 is 11.5. The van der Waals surface area contributed by atoms with Gasteiger partial charge in [0.05, 0.1) is 13.2 Å². The Morgan fingerprint density at radius 1 is 1.20 bits per heavy atom. The summed E-state index contributed by atoms with van der Waals surface area (Å²) in [6, 6.07) is 3.98. The van der Waals surface area contributed by atoms with Crippen molar-refractivity contribution in [2.24, 2.45) is 0 Å². The predicted octanol–water partition coefficient (Wildman–Crippen LogP) is 2.39. The quantitative estimate of drug-likeness (QED) is 0.909. The molecule has 5 heteroatoms. The zero-order valence-electron chi connectivity index (χ0n) is 11.8. The molecule has 0 radical (unpaired) electrons. The second kappa shape index (κ2) is 5.25. The highest BCUT2D eigenvalue weighted by Crippen LogP contribution is 2.31. The van der Waals surface area contributed by atoms with Crippen LogP contribution in [-0.2, 0) is 4.74 Å². The fourth-order valence-corrected chi connectivity index (χ4v) is 2.59. The van der Waals surface area contributed by atoms with E-state index < -0.39 is 0 Å². The third-order valence-corrected chi connectivity index (χ3v) is 3.62. The highest BCUT2D eigenvalue weighted by atomic mass is 16.5. The van der Waals surface area contributed by atoms with Crippen molar-refractivity contribution in [1.29, 1.82) is 0 Å². The molecule has 20 heavy (non-hydrogen) atoms. The minimum atomic E-state index is 0.186. The Kier molecular flexibility index (Phi) is 3.44. The lowest BCUT2D eigenvalue weighted by molar-refractivity contribution is 0.0261. The van der Waals surface area contributed by atoms with E-state index in [1.807, 2.05) is 26.0 Å². The first-order valence-corrected chi connectivity index (χ1v) is 6.93. The zero-order valence-corrected chi connectivity index (χ0v) is 11.8. The van der Waals surface area contributed by atoms with Crippen molar-refractivity contribution in [2.45, 2.75) is 32.8 Å². The Bertz CT molecular complexity index is 637. The van der Waals surface area contributed by atoms with E-state index in [4.69, 9.17) is 15.2 Å². The lowest BCUT2D eigenvalue weighted by atomic mass is 10.1. The predicted molar refractivity (Wildman–Crippen MR) is 77.9 cm³/mol. The van der Waals surface area contributed by atoms with Crippen molar-refractivity contribution < 1.29 is 9.47 Å². The molecule has 0 aliphatic carbocycles. The number of ether oxygens (including phenoxy) is 2. The van der Waals surface area contributed by atoms with Gasteiger partial charge in [-0.3, -0.25) is 0 Å². The number of nitrogens with two attached hydrogens (primary N) is 1. The summed E-state index contributed by atoms with van der Waals surface area (Å²) in [5, 5.41) is 0.889. The van der Waals surface area contributed by atoms with Gasteiger partial charge in [0.25, 0.3) is 0 Å². The Hall–Kier alpha value is -1.88. The second-order valence-corrected chi connectivity index (χ2v) is 5.19. The lowest BCUT2D eigenvalue weighted by Gasteiger charge is -2.24. The number of aromatic nitrogens is 2. The molecule has 1 fully saturated rings. The van der Waals surface area contributed by atoms with Gasteiger partial charge in [0.2, 0.25) is 0 Å². The van der Waals surface area contributed by atoms with Gasteiger partial charge in [-0.05, 0) is 25.5 Å². The van der Waals surface area contributed by atoms with E-state index >= 15 is 0 Å². The molecular formula is C15H19N3O2. The van der Waals surface area contributed by atoms with Crippen LogP contribution in [0.15, 0.2) is 12.1 Å². The van der Waals surface area contributed by atoms with E-state index in [9.17, 15) is 0 Å². The van der Waals surface area contributed by atoms with E-state index in [1.54, 1.807) is 0 Å². The topological polar surface area (TPSA) is 70.3 Å². The fraction of sp³-hybridized carbons (Fsp3) is 0.467. The third kappa shape index (κ3) is 2.41. The van der Waals surface area contributed by atoms with Crippen LogP contribution in [0.1, 0.15) is 24.2 Å². The van der Waals surface area contributed by atoms with Crippen molar-refractivity contribution in [3.8, 4) is 5.75 Å². The largest absolute Gasteiger partial charge is 0.488 e. The number of hydrogen-bond acceptors (Lipinski definition) is 5. The molecule has 1 saturated heterocycles. The average Bonchev–Trinajstić information content (AvgIpc) is 2.42. The molecule has 0 saturated carbocycles. The number of anilines is 1. The summed E-state index contributed by atoms with van der Waals surface area (Å²) in [7, 11) is 0. The number of nitrogen functional groups attached to an aromatic ring is 1. The molecule has 1 aromatic heterocycles. The van der Waals surface area contributed by atoms with Gasteiger partial charge >= 0.3 is 0 Å². The van der Waals surface area contributed by atoms with Gasteiger partial charge in [-0.1, -0.05) is 6.07 Å². The second-order valence-electron chi connectivity index (χ2n) is 5.19. The van der Waals surface area contributed by atoms with E-state index in [-0.39, 0.29) is 6.10 Å². The molecule has 0 atom stereocenters. The molecule has 2 heterocycles. The third-order valence-electron chi connectivity index (χ3n) is 3.62. The molecule has 0 bridgehead atoms. The average molecular weight is 273 g/mol. The van der Waals surface area contributed by atoms with Gasteiger partial charge in [-0.15, -0.1) is 0 Å². The summed E-state index contributed by atoms with van der Waals surface area (Å²) in [6.07, 6.45) is 2.01. The molecule has 5 nitrogen and oxygen atoms in total. The molecule has 2 aromatic rings. The minimum Gasteiger partial charge on any atom is -0.488 e. The molecule has 106 valence electrons. The monoisotopic (exact) mass is 273 g/mol. The van der Waals surface area contributed by atoms with Gasteiger partial charge in [0.15, 0.2) is 0 Å². The van der Waals surface area contributed by atoms with Crippen molar-refractivity contribution >= 4 is 16.7 Å². The van der Waals surface area contributed by atoms with E-state index in [0.717, 1.165) is 48.3 Å². The number of rotatable bonds is 2. The molecule has 1 aliphatic heterocycles. The Labute approximate surface area is 118 Å². The first kappa shape index (κ1) is 13.1. The van der Waals surface area contributed by atoms with Gasteiger partial charge in [-0.2, -0.15) is 0 Å². The zero-order chi connectivity index (χ0) is 14.1. The fourth-order valence-electron chi connectivity index (χ4n) is 2.59. The van der Waals surface area contributed by atoms with Crippen LogP contribution < -0.4 is 10.5 Å². The molecule has 3 rings (SSSR count). The molecule has 0 spiro atoms. The molecule has 0 unspecified atom stereocenters. The van der Waals surface area contributed by atoms with E-state index in [1.165, 1.54) is 0 Å². The van der Waals surface area contributed by atoms with Crippen LogP contribution in [0.4, 0.5) is 5.82 Å². The number of fused-ring (bicyclic) bond motifs is 1. The summed E-state index contributed by atoms with van der Waals surface area (Å²) >= 11 is 0. The summed E-state index contributed by atoms with van der Waals surface area (Å²) in [6.45, 7) is 5.36. The molecule has 2 N–H and O–H groups in total. The molecular weight excluding hydrogens is 254 g/mol. The minimum absolute atomic E-state index is 0.186. The Morgan fingerprint density at radius 3 is 2.70 bits per heavy atom. The lowest BCUT2D eigenvalue weighted by Crippen LogP contribution is -2.26. The van der Waals surface area contributed by atoms with Gasteiger partial charge < -0.3 is 15.2 Å². The maximum Gasteiger partial charge on any atom is 0.146 e. The summed E-state index contributed by atoms with van der Waals surface area (Å²) in [5.41, 5.74) is 7.91. The maximum atomic E-state index is 6.11. The van der Waals surface area contributed by atoms with Crippen LogP contribution in [0.25, 0.3) is 10.9 Å². The van der Waals surface area contributed by atoms with E-state index in [0.29, 0.717) is 11.6 Å². The van der Waals surface area contributed by atoms with Crippen molar-refractivity contribution in [1.82, 2.24) is 9.97 Å². The number of hydrogen-bond donors (Lipinski definition) is 1. The Morgan fingerprint density at radius 2 is 1.95 bits per heavy atom. The highest BCUT2D eigenvalue weighted by molar-refractivity contribution is 5.94. The smallest absolute Gasteiger partial charge is 0.146 e. The summed E-state index contributed by atoms with van der Waals surface area (Å²) in [4.78, 5) is 8.76. The molecule has 1 aliphatic rings. The first-order chi connectivity index (χ1) is 9.65. The standard InChI is InChI=1S/C15H19N3O2/c1-9-3-4-12(20-11-5-7-19-8-6-11)14-13(9)15(16)18-10(2)17-14/h3-4,11H,5-8H2,1-2H3,(H2,16,17,18).